The van der Waals surface area contributed by atoms with Crippen LogP contribution in [0.4, 0.5) is 0 Å². The quantitative estimate of drug-likeness (QED) is 0.443. The van der Waals surface area contributed by atoms with E-state index in [4.69, 9.17) is 22.2 Å². The Hall–Kier alpha value is -0.680. The van der Waals surface area contributed by atoms with Gasteiger partial charge in [0.25, 0.3) is 0 Å². The monoisotopic (exact) mass is 229 g/mol. The molecule has 0 bridgehead atoms. The van der Waals surface area contributed by atoms with E-state index in [1.54, 1.807) is 18.3 Å². The van der Waals surface area contributed by atoms with Crippen molar-refractivity contribution in [3.8, 4) is 0 Å². The number of pyridine rings is 1. The number of halogens is 1. The highest BCUT2D eigenvalue weighted by molar-refractivity contribution is 6.31. The maximum Gasteiger partial charge on any atom is 0.0880 e. The average molecular weight is 230 g/mol. The number of nitrogens with zero attached hydrogens (tertiary/aromatic N) is 1. The maximum absolute atomic E-state index is 6.00. The van der Waals surface area contributed by atoms with Crippen LogP contribution in [0, 0.1) is 0 Å². The summed E-state index contributed by atoms with van der Waals surface area (Å²) in [5.41, 5.74) is 3.37. The third-order valence-electron chi connectivity index (χ3n) is 1.95. The summed E-state index contributed by atoms with van der Waals surface area (Å²) in [4.78, 5) is 4.17. The molecule has 0 aliphatic rings. The summed E-state index contributed by atoms with van der Waals surface area (Å²) < 4.78 is 5.40. The Balaban J connectivity index is 2.61. The van der Waals surface area contributed by atoms with Gasteiger partial charge in [-0.15, -0.1) is 0 Å². The zero-order valence-corrected chi connectivity index (χ0v) is 9.50. The molecule has 84 valence electrons. The third-order valence-corrected chi connectivity index (χ3v) is 2.27. The molecule has 0 aliphatic heterocycles. The van der Waals surface area contributed by atoms with Crippen LogP contribution >= 0.6 is 11.6 Å². The Labute approximate surface area is 94.8 Å². The Morgan fingerprint density at radius 1 is 1.67 bits per heavy atom. The molecule has 0 amide bonds. The van der Waals surface area contributed by atoms with Crippen molar-refractivity contribution in [3.05, 3.63) is 29.0 Å². The molecule has 1 rings (SSSR count). The van der Waals surface area contributed by atoms with E-state index in [1.165, 1.54) is 0 Å². The van der Waals surface area contributed by atoms with Crippen LogP contribution in [-0.2, 0) is 4.74 Å². The van der Waals surface area contributed by atoms with Gasteiger partial charge in [0.05, 0.1) is 23.4 Å². The van der Waals surface area contributed by atoms with E-state index >= 15 is 0 Å². The number of hydrogen-bond donors (Lipinski definition) is 2. The Bertz CT molecular complexity index is 296. The van der Waals surface area contributed by atoms with Gasteiger partial charge in [-0.3, -0.25) is 10.8 Å². The molecule has 15 heavy (non-hydrogen) atoms. The van der Waals surface area contributed by atoms with Crippen molar-refractivity contribution < 1.29 is 4.74 Å². The molecule has 0 aliphatic carbocycles. The smallest absolute Gasteiger partial charge is 0.0880 e. The molecule has 1 unspecified atom stereocenters. The van der Waals surface area contributed by atoms with Crippen molar-refractivity contribution in [1.29, 1.82) is 0 Å². The molecule has 1 atom stereocenters. The molecule has 0 spiro atoms. The SMILES string of the molecule is CCCOCC(NN)c1ncccc1Cl. The fourth-order valence-corrected chi connectivity index (χ4v) is 1.46. The van der Waals surface area contributed by atoms with E-state index in [0.717, 1.165) is 12.1 Å². The first-order valence-corrected chi connectivity index (χ1v) is 5.31. The molecule has 4 nitrogen and oxygen atoms in total. The van der Waals surface area contributed by atoms with Crippen LogP contribution < -0.4 is 11.3 Å². The average Bonchev–Trinajstić information content (AvgIpc) is 2.26. The zero-order valence-electron chi connectivity index (χ0n) is 8.74. The van der Waals surface area contributed by atoms with Gasteiger partial charge < -0.3 is 4.74 Å². The van der Waals surface area contributed by atoms with Gasteiger partial charge in [0.1, 0.15) is 0 Å². The van der Waals surface area contributed by atoms with Crippen molar-refractivity contribution in [3.63, 3.8) is 0 Å². The lowest BCUT2D eigenvalue weighted by molar-refractivity contribution is 0.111. The van der Waals surface area contributed by atoms with Crippen molar-refractivity contribution in [2.75, 3.05) is 13.2 Å². The molecule has 1 aromatic rings. The number of nitrogens with one attached hydrogen (secondary N) is 1. The van der Waals surface area contributed by atoms with Crippen LogP contribution in [0.25, 0.3) is 0 Å². The normalized spacial score (nSPS) is 12.7. The Morgan fingerprint density at radius 2 is 2.47 bits per heavy atom. The summed E-state index contributed by atoms with van der Waals surface area (Å²) in [7, 11) is 0. The number of hydrogen-bond acceptors (Lipinski definition) is 4. The molecule has 5 heteroatoms. The summed E-state index contributed by atoms with van der Waals surface area (Å²) in [5.74, 6) is 5.43. The van der Waals surface area contributed by atoms with Crippen molar-refractivity contribution in [2.45, 2.75) is 19.4 Å². The van der Waals surface area contributed by atoms with E-state index < -0.39 is 0 Å². The van der Waals surface area contributed by atoms with Crippen LogP contribution in [0.3, 0.4) is 0 Å². The van der Waals surface area contributed by atoms with Crippen LogP contribution in [0.1, 0.15) is 25.1 Å². The fraction of sp³-hybridized carbons (Fsp3) is 0.500. The minimum atomic E-state index is -0.162. The van der Waals surface area contributed by atoms with Gasteiger partial charge in [0.2, 0.25) is 0 Å². The highest BCUT2D eigenvalue weighted by atomic mass is 35.5. The first kappa shape index (κ1) is 12.4. The second-order valence-corrected chi connectivity index (χ2v) is 3.57. The summed E-state index contributed by atoms with van der Waals surface area (Å²) in [5, 5.41) is 0.598. The minimum Gasteiger partial charge on any atom is -0.379 e. The zero-order chi connectivity index (χ0) is 11.1. The standard InChI is InChI=1S/C10H16ClN3O/c1-2-6-15-7-9(14-12)10-8(11)4-3-5-13-10/h3-5,9,14H,2,6-7,12H2,1H3. The molecular formula is C10H16ClN3O. The third kappa shape index (κ3) is 3.76. The summed E-state index contributed by atoms with van der Waals surface area (Å²) in [6.07, 6.45) is 2.67. The predicted molar refractivity (Wildman–Crippen MR) is 60.4 cm³/mol. The van der Waals surface area contributed by atoms with E-state index in [0.29, 0.717) is 18.2 Å². The fourth-order valence-electron chi connectivity index (χ4n) is 1.21. The van der Waals surface area contributed by atoms with E-state index in [2.05, 4.69) is 17.3 Å². The van der Waals surface area contributed by atoms with Crippen LogP contribution in [-0.4, -0.2) is 18.2 Å². The van der Waals surface area contributed by atoms with Gasteiger partial charge in [0.15, 0.2) is 0 Å². The number of hydrazine groups is 1. The maximum atomic E-state index is 6.00. The largest absolute Gasteiger partial charge is 0.379 e. The van der Waals surface area contributed by atoms with Gasteiger partial charge >= 0.3 is 0 Å². The lowest BCUT2D eigenvalue weighted by Gasteiger charge is -2.16. The number of rotatable bonds is 6. The molecule has 0 radical (unpaired) electrons. The van der Waals surface area contributed by atoms with Crippen LogP contribution in [0.2, 0.25) is 5.02 Å². The van der Waals surface area contributed by atoms with E-state index in [1.807, 2.05) is 0 Å². The van der Waals surface area contributed by atoms with E-state index in [9.17, 15) is 0 Å². The lowest BCUT2D eigenvalue weighted by Crippen LogP contribution is -2.32. The topological polar surface area (TPSA) is 60.2 Å². The van der Waals surface area contributed by atoms with Gasteiger partial charge in [0, 0.05) is 12.8 Å². The van der Waals surface area contributed by atoms with Crippen LogP contribution in [0.15, 0.2) is 18.3 Å². The Kier molecular flexibility index (Phi) is 5.57. The molecule has 3 N–H and O–H groups in total. The lowest BCUT2D eigenvalue weighted by atomic mass is 10.2. The number of nitrogens with two attached hydrogens (primary N) is 1. The molecule has 0 saturated carbocycles. The van der Waals surface area contributed by atoms with Crippen LogP contribution in [0.5, 0.6) is 0 Å². The highest BCUT2D eigenvalue weighted by Gasteiger charge is 2.14. The van der Waals surface area contributed by atoms with Gasteiger partial charge in [-0.1, -0.05) is 18.5 Å². The van der Waals surface area contributed by atoms with Crippen molar-refractivity contribution >= 4 is 11.6 Å². The minimum absolute atomic E-state index is 0.162. The number of aromatic nitrogens is 1. The molecule has 1 heterocycles. The molecule has 0 aromatic carbocycles. The van der Waals surface area contributed by atoms with Crippen molar-refractivity contribution in [1.82, 2.24) is 10.4 Å². The first-order chi connectivity index (χ1) is 7.29. The molecular weight excluding hydrogens is 214 g/mol. The second kappa shape index (κ2) is 6.74. The predicted octanol–water partition coefficient (Wildman–Crippen LogP) is 1.67. The number of ether oxygens (including phenoxy) is 1. The van der Waals surface area contributed by atoms with Gasteiger partial charge in [-0.25, -0.2) is 5.43 Å². The van der Waals surface area contributed by atoms with Crippen molar-refractivity contribution in [2.24, 2.45) is 5.84 Å². The summed E-state index contributed by atoms with van der Waals surface area (Å²) in [6.45, 7) is 3.24. The molecule has 1 aromatic heterocycles. The van der Waals surface area contributed by atoms with Gasteiger partial charge in [-0.2, -0.15) is 0 Å². The summed E-state index contributed by atoms with van der Waals surface area (Å²) in [6, 6.07) is 3.41. The molecule has 0 fully saturated rings. The second-order valence-electron chi connectivity index (χ2n) is 3.16. The first-order valence-electron chi connectivity index (χ1n) is 4.93. The summed E-state index contributed by atoms with van der Waals surface area (Å²) >= 11 is 6.00. The molecule has 0 saturated heterocycles. The Morgan fingerprint density at radius 3 is 3.07 bits per heavy atom. The van der Waals surface area contributed by atoms with Gasteiger partial charge in [-0.05, 0) is 18.6 Å². The highest BCUT2D eigenvalue weighted by Crippen LogP contribution is 2.19. The van der Waals surface area contributed by atoms with E-state index in [-0.39, 0.29) is 6.04 Å².